The van der Waals surface area contributed by atoms with E-state index < -0.39 is 0 Å². The standard InChI is InChI=1S/C10H15OS/c1-4-9-5-7-10(8-6-9)12(3)11-2/h5-8H,4H2,1-3H3/q+1. The van der Waals surface area contributed by atoms with Gasteiger partial charge in [0.15, 0.2) is 16.1 Å². The lowest BCUT2D eigenvalue weighted by molar-refractivity contribution is 0.475. The molecule has 0 aromatic heterocycles. The topological polar surface area (TPSA) is 9.23 Å². The van der Waals surface area contributed by atoms with Crippen LogP contribution in [0, 0.1) is 0 Å². The van der Waals surface area contributed by atoms with E-state index in [4.69, 9.17) is 4.18 Å². The van der Waals surface area contributed by atoms with Crippen LogP contribution in [0.25, 0.3) is 0 Å². The van der Waals surface area contributed by atoms with Crippen LogP contribution in [0.15, 0.2) is 29.2 Å². The fraction of sp³-hybridized carbons (Fsp3) is 0.400. The van der Waals surface area contributed by atoms with Crippen molar-refractivity contribution in [3.05, 3.63) is 29.8 Å². The average molecular weight is 183 g/mol. The molecule has 0 heterocycles. The number of rotatable bonds is 3. The second-order valence-corrected chi connectivity index (χ2v) is 4.33. The number of benzene rings is 1. The van der Waals surface area contributed by atoms with Gasteiger partial charge in [-0.2, -0.15) is 4.18 Å². The molecule has 0 N–H and O–H groups in total. The van der Waals surface area contributed by atoms with Gasteiger partial charge in [-0.1, -0.05) is 19.1 Å². The van der Waals surface area contributed by atoms with E-state index in [9.17, 15) is 0 Å². The molecule has 1 atom stereocenters. The van der Waals surface area contributed by atoms with Crippen LogP contribution in [0.1, 0.15) is 12.5 Å². The maximum Gasteiger partial charge on any atom is 0.189 e. The quantitative estimate of drug-likeness (QED) is 0.654. The summed E-state index contributed by atoms with van der Waals surface area (Å²) >= 11 is -0.0506. The van der Waals surface area contributed by atoms with Crippen LogP contribution in [-0.4, -0.2) is 13.4 Å². The molecule has 66 valence electrons. The fourth-order valence-corrected chi connectivity index (χ4v) is 1.72. The molecule has 0 saturated carbocycles. The first-order chi connectivity index (χ1) is 5.77. The molecule has 1 unspecified atom stereocenters. The maximum atomic E-state index is 5.24. The van der Waals surface area contributed by atoms with E-state index in [0.29, 0.717) is 0 Å². The predicted octanol–water partition coefficient (Wildman–Crippen LogP) is 2.42. The largest absolute Gasteiger partial charge is 0.189 e. The lowest BCUT2D eigenvalue weighted by Gasteiger charge is -1.98. The summed E-state index contributed by atoms with van der Waals surface area (Å²) in [5.74, 6) is 0. The van der Waals surface area contributed by atoms with Crippen molar-refractivity contribution in [3.63, 3.8) is 0 Å². The Morgan fingerprint density at radius 3 is 2.25 bits per heavy atom. The summed E-state index contributed by atoms with van der Waals surface area (Å²) in [5, 5.41) is 0. The molecule has 1 aromatic rings. The van der Waals surface area contributed by atoms with E-state index in [-0.39, 0.29) is 11.2 Å². The lowest BCUT2D eigenvalue weighted by atomic mass is 10.2. The smallest absolute Gasteiger partial charge is 0.171 e. The fourth-order valence-electron chi connectivity index (χ4n) is 1.01. The van der Waals surface area contributed by atoms with Crippen molar-refractivity contribution in [2.24, 2.45) is 0 Å². The minimum Gasteiger partial charge on any atom is -0.171 e. The molecule has 0 radical (unpaired) electrons. The number of hydrogen-bond acceptors (Lipinski definition) is 1. The minimum atomic E-state index is -0.0506. The molecule has 0 aliphatic carbocycles. The molecule has 0 aliphatic rings. The first-order valence-corrected chi connectivity index (χ1v) is 5.63. The number of hydrogen-bond donors (Lipinski definition) is 0. The summed E-state index contributed by atoms with van der Waals surface area (Å²) in [7, 11) is 1.75. The van der Waals surface area contributed by atoms with Crippen molar-refractivity contribution in [2.45, 2.75) is 18.2 Å². The van der Waals surface area contributed by atoms with Gasteiger partial charge in [0, 0.05) is 0 Å². The molecule has 1 rings (SSSR count). The Kier molecular flexibility index (Phi) is 3.63. The first kappa shape index (κ1) is 9.62. The van der Waals surface area contributed by atoms with E-state index in [1.54, 1.807) is 7.11 Å². The highest BCUT2D eigenvalue weighted by Crippen LogP contribution is 2.12. The Bertz CT molecular complexity index is 230. The van der Waals surface area contributed by atoms with Gasteiger partial charge in [-0.05, 0) is 24.1 Å². The Morgan fingerprint density at radius 2 is 1.83 bits per heavy atom. The van der Waals surface area contributed by atoms with Gasteiger partial charge in [-0.25, -0.2) is 0 Å². The van der Waals surface area contributed by atoms with Crippen molar-refractivity contribution < 1.29 is 4.18 Å². The molecule has 2 heteroatoms. The predicted molar refractivity (Wildman–Crippen MR) is 54.4 cm³/mol. The highest BCUT2D eigenvalue weighted by atomic mass is 32.2. The highest BCUT2D eigenvalue weighted by molar-refractivity contribution is 7.91. The Balaban J connectivity index is 2.77. The SMILES string of the molecule is CCc1ccc([S+](C)OC)cc1. The zero-order valence-electron chi connectivity index (χ0n) is 7.83. The summed E-state index contributed by atoms with van der Waals surface area (Å²) in [6.45, 7) is 2.16. The molecule has 0 aliphatic heterocycles. The van der Waals surface area contributed by atoms with Crippen molar-refractivity contribution in [3.8, 4) is 0 Å². The van der Waals surface area contributed by atoms with Crippen molar-refractivity contribution in [1.29, 1.82) is 0 Å². The van der Waals surface area contributed by atoms with E-state index in [1.165, 1.54) is 10.5 Å². The summed E-state index contributed by atoms with van der Waals surface area (Å²) in [4.78, 5) is 1.27. The van der Waals surface area contributed by atoms with Crippen molar-refractivity contribution in [1.82, 2.24) is 0 Å². The second kappa shape index (κ2) is 4.53. The third-order valence-electron chi connectivity index (χ3n) is 1.91. The van der Waals surface area contributed by atoms with Gasteiger partial charge in [0.05, 0.1) is 7.11 Å². The average Bonchev–Trinajstić information content (AvgIpc) is 2.17. The third kappa shape index (κ3) is 2.26. The molecular formula is C10H15OS+. The van der Waals surface area contributed by atoms with Gasteiger partial charge in [0.1, 0.15) is 6.26 Å². The molecule has 0 amide bonds. The maximum absolute atomic E-state index is 5.24. The molecular weight excluding hydrogens is 168 g/mol. The molecule has 0 bridgehead atoms. The second-order valence-electron chi connectivity index (χ2n) is 2.62. The summed E-state index contributed by atoms with van der Waals surface area (Å²) in [6, 6.07) is 8.62. The Hall–Kier alpha value is -0.470. The van der Waals surface area contributed by atoms with Crippen molar-refractivity contribution >= 4 is 11.2 Å². The molecule has 1 nitrogen and oxygen atoms in total. The Morgan fingerprint density at radius 1 is 1.25 bits per heavy atom. The van der Waals surface area contributed by atoms with Crippen LogP contribution < -0.4 is 0 Å². The zero-order chi connectivity index (χ0) is 8.97. The van der Waals surface area contributed by atoms with Crippen LogP contribution in [0.3, 0.4) is 0 Å². The van der Waals surface area contributed by atoms with Crippen LogP contribution in [-0.2, 0) is 21.8 Å². The van der Waals surface area contributed by atoms with E-state index in [2.05, 4.69) is 37.4 Å². The highest BCUT2D eigenvalue weighted by Gasteiger charge is 2.13. The third-order valence-corrected chi connectivity index (χ3v) is 3.35. The van der Waals surface area contributed by atoms with Gasteiger partial charge < -0.3 is 0 Å². The van der Waals surface area contributed by atoms with E-state index in [0.717, 1.165) is 6.42 Å². The molecule has 0 saturated heterocycles. The van der Waals surface area contributed by atoms with Gasteiger partial charge in [0.2, 0.25) is 0 Å². The minimum absolute atomic E-state index is 0.0506. The van der Waals surface area contributed by atoms with Gasteiger partial charge in [-0.15, -0.1) is 0 Å². The van der Waals surface area contributed by atoms with Crippen molar-refractivity contribution in [2.75, 3.05) is 13.4 Å². The molecule has 1 aromatic carbocycles. The normalized spacial score (nSPS) is 12.9. The van der Waals surface area contributed by atoms with Gasteiger partial charge >= 0.3 is 0 Å². The zero-order valence-corrected chi connectivity index (χ0v) is 8.65. The van der Waals surface area contributed by atoms with Crippen LogP contribution in [0.2, 0.25) is 0 Å². The van der Waals surface area contributed by atoms with Crippen LogP contribution in [0.5, 0.6) is 0 Å². The molecule has 0 fully saturated rings. The monoisotopic (exact) mass is 183 g/mol. The van der Waals surface area contributed by atoms with E-state index >= 15 is 0 Å². The lowest BCUT2D eigenvalue weighted by Crippen LogP contribution is -2.00. The van der Waals surface area contributed by atoms with Gasteiger partial charge in [0.25, 0.3) is 0 Å². The Labute approximate surface area is 77.3 Å². The van der Waals surface area contributed by atoms with Crippen LogP contribution >= 0.6 is 0 Å². The summed E-state index contributed by atoms with van der Waals surface area (Å²) < 4.78 is 5.24. The molecule has 12 heavy (non-hydrogen) atoms. The molecule has 0 spiro atoms. The van der Waals surface area contributed by atoms with E-state index in [1.807, 2.05) is 0 Å². The van der Waals surface area contributed by atoms with Crippen LogP contribution in [0.4, 0.5) is 0 Å². The summed E-state index contributed by atoms with van der Waals surface area (Å²) in [6.07, 6.45) is 3.19. The first-order valence-electron chi connectivity index (χ1n) is 4.07. The summed E-state index contributed by atoms with van der Waals surface area (Å²) in [5.41, 5.74) is 1.38. The number of aryl methyl sites for hydroxylation is 1. The van der Waals surface area contributed by atoms with Gasteiger partial charge in [-0.3, -0.25) is 0 Å².